The molecule has 0 aliphatic carbocycles. The molecular formula is C11H18BrNO2S2. The predicted octanol–water partition coefficient (Wildman–Crippen LogP) is 2.99. The maximum Gasteiger partial charge on any atom is 0.147 e. The van der Waals surface area contributed by atoms with Gasteiger partial charge >= 0.3 is 0 Å². The average Bonchev–Trinajstić information content (AvgIpc) is 2.63. The Bertz CT molecular complexity index is 442. The molecule has 98 valence electrons. The number of halogens is 1. The number of hydrogen-bond acceptors (Lipinski definition) is 4. The largest absolute Gasteiger partial charge is 0.310 e. The molecule has 0 spiro atoms. The second-order valence-electron chi connectivity index (χ2n) is 4.11. The molecule has 1 aromatic rings. The molecule has 1 aromatic heterocycles. The van der Waals surface area contributed by atoms with Gasteiger partial charge in [-0.1, -0.05) is 6.92 Å². The van der Waals surface area contributed by atoms with E-state index in [2.05, 4.69) is 39.6 Å². The Morgan fingerprint density at radius 3 is 2.71 bits per heavy atom. The minimum Gasteiger partial charge on any atom is -0.310 e. The van der Waals surface area contributed by atoms with Crippen LogP contribution in [0.2, 0.25) is 0 Å². The van der Waals surface area contributed by atoms with Crippen molar-refractivity contribution in [1.29, 1.82) is 0 Å². The summed E-state index contributed by atoms with van der Waals surface area (Å²) >= 11 is 5.06. The third kappa shape index (κ3) is 5.99. The van der Waals surface area contributed by atoms with Gasteiger partial charge in [0, 0.05) is 12.3 Å². The van der Waals surface area contributed by atoms with Gasteiger partial charge in [-0.15, -0.1) is 11.3 Å². The lowest BCUT2D eigenvalue weighted by atomic mass is 10.1. The van der Waals surface area contributed by atoms with Crippen LogP contribution in [0.15, 0.2) is 15.2 Å². The molecule has 1 rings (SSSR count). The van der Waals surface area contributed by atoms with Crippen LogP contribution < -0.4 is 5.32 Å². The van der Waals surface area contributed by atoms with Crippen molar-refractivity contribution < 1.29 is 8.42 Å². The van der Waals surface area contributed by atoms with E-state index < -0.39 is 9.84 Å². The molecule has 0 radical (unpaired) electrons. The van der Waals surface area contributed by atoms with Crippen LogP contribution in [0.4, 0.5) is 0 Å². The van der Waals surface area contributed by atoms with Gasteiger partial charge in [-0.25, -0.2) is 8.42 Å². The van der Waals surface area contributed by atoms with Gasteiger partial charge < -0.3 is 5.32 Å². The van der Waals surface area contributed by atoms with Gasteiger partial charge in [0.15, 0.2) is 0 Å². The standard InChI is InChI=1S/C11H18BrNO2S2/c1-3-5-13-10(4-6-17(2,14)15)9-7-11(12)16-8-9/h7-8,10,13H,3-6H2,1-2H3. The topological polar surface area (TPSA) is 46.2 Å². The second kappa shape index (κ2) is 6.87. The van der Waals surface area contributed by atoms with E-state index in [9.17, 15) is 8.42 Å². The summed E-state index contributed by atoms with van der Waals surface area (Å²) in [7, 11) is -2.89. The van der Waals surface area contributed by atoms with Gasteiger partial charge in [0.25, 0.3) is 0 Å². The minimum absolute atomic E-state index is 0.132. The first-order valence-corrected chi connectivity index (χ1v) is 9.30. The van der Waals surface area contributed by atoms with Gasteiger partial charge in [-0.2, -0.15) is 0 Å². The fourth-order valence-corrected chi connectivity index (χ4v) is 3.44. The van der Waals surface area contributed by atoms with Gasteiger partial charge in [-0.05, 0) is 52.3 Å². The van der Waals surface area contributed by atoms with Crippen molar-refractivity contribution in [2.45, 2.75) is 25.8 Å². The predicted molar refractivity (Wildman–Crippen MR) is 77.4 cm³/mol. The third-order valence-corrected chi connectivity index (χ3v) is 4.91. The fraction of sp³-hybridized carbons (Fsp3) is 0.636. The fourth-order valence-electron chi connectivity index (χ4n) is 1.54. The monoisotopic (exact) mass is 339 g/mol. The SMILES string of the molecule is CCCNC(CCS(C)(=O)=O)c1csc(Br)c1. The lowest BCUT2D eigenvalue weighted by Crippen LogP contribution is -2.24. The zero-order chi connectivity index (χ0) is 12.9. The maximum absolute atomic E-state index is 11.2. The number of thiophene rings is 1. The van der Waals surface area contributed by atoms with Gasteiger partial charge in [0.2, 0.25) is 0 Å². The summed E-state index contributed by atoms with van der Waals surface area (Å²) in [5, 5.41) is 5.46. The summed E-state index contributed by atoms with van der Waals surface area (Å²) in [4.78, 5) is 0. The molecular weight excluding hydrogens is 322 g/mol. The lowest BCUT2D eigenvalue weighted by Gasteiger charge is -2.16. The van der Waals surface area contributed by atoms with Crippen LogP contribution >= 0.6 is 27.3 Å². The van der Waals surface area contributed by atoms with Crippen LogP contribution in [0.25, 0.3) is 0 Å². The number of nitrogens with one attached hydrogen (secondary N) is 1. The summed E-state index contributed by atoms with van der Waals surface area (Å²) in [5.74, 6) is 0.224. The Balaban J connectivity index is 2.67. The molecule has 0 saturated heterocycles. The van der Waals surface area contributed by atoms with E-state index in [0.29, 0.717) is 6.42 Å². The van der Waals surface area contributed by atoms with Gasteiger partial charge in [-0.3, -0.25) is 0 Å². The van der Waals surface area contributed by atoms with E-state index in [1.165, 1.54) is 11.8 Å². The van der Waals surface area contributed by atoms with Crippen molar-refractivity contribution in [3.63, 3.8) is 0 Å². The molecule has 0 aliphatic heterocycles. The molecule has 1 unspecified atom stereocenters. The summed E-state index contributed by atoms with van der Waals surface area (Å²) in [6.45, 7) is 3.01. The highest BCUT2D eigenvalue weighted by molar-refractivity contribution is 9.11. The highest BCUT2D eigenvalue weighted by atomic mass is 79.9. The number of sulfone groups is 1. The summed E-state index contributed by atoms with van der Waals surface area (Å²) < 4.78 is 23.5. The van der Waals surface area contributed by atoms with Crippen LogP contribution in [0.5, 0.6) is 0 Å². The molecule has 0 fully saturated rings. The Hall–Kier alpha value is 0.0900. The average molecular weight is 340 g/mol. The molecule has 17 heavy (non-hydrogen) atoms. The highest BCUT2D eigenvalue weighted by Crippen LogP contribution is 2.27. The van der Waals surface area contributed by atoms with Crippen molar-refractivity contribution in [2.75, 3.05) is 18.6 Å². The van der Waals surface area contributed by atoms with Gasteiger partial charge in [0.05, 0.1) is 9.54 Å². The van der Waals surface area contributed by atoms with Crippen LogP contribution in [-0.2, 0) is 9.84 Å². The first-order chi connectivity index (χ1) is 7.92. The van der Waals surface area contributed by atoms with Crippen LogP contribution in [0.1, 0.15) is 31.4 Å². The normalized spacial score (nSPS) is 13.8. The highest BCUT2D eigenvalue weighted by Gasteiger charge is 2.15. The molecule has 0 amide bonds. The van der Waals surface area contributed by atoms with E-state index in [1.807, 2.05) is 0 Å². The van der Waals surface area contributed by atoms with Crippen LogP contribution in [-0.4, -0.2) is 27.0 Å². The molecule has 0 aliphatic rings. The Labute approximate surface area is 116 Å². The zero-order valence-electron chi connectivity index (χ0n) is 10.1. The first-order valence-electron chi connectivity index (χ1n) is 5.57. The number of rotatable bonds is 7. The zero-order valence-corrected chi connectivity index (χ0v) is 13.3. The Kier molecular flexibility index (Phi) is 6.12. The first kappa shape index (κ1) is 15.1. The van der Waals surface area contributed by atoms with E-state index >= 15 is 0 Å². The maximum atomic E-state index is 11.2. The van der Waals surface area contributed by atoms with Crippen molar-refractivity contribution in [3.05, 3.63) is 20.8 Å². The smallest absolute Gasteiger partial charge is 0.147 e. The molecule has 6 heteroatoms. The molecule has 1 N–H and O–H groups in total. The Morgan fingerprint density at radius 2 is 2.24 bits per heavy atom. The van der Waals surface area contributed by atoms with Crippen LogP contribution in [0.3, 0.4) is 0 Å². The quantitative estimate of drug-likeness (QED) is 0.830. The van der Waals surface area contributed by atoms with Crippen molar-refractivity contribution in [3.8, 4) is 0 Å². The summed E-state index contributed by atoms with van der Waals surface area (Å²) in [5.41, 5.74) is 1.17. The van der Waals surface area contributed by atoms with E-state index in [1.54, 1.807) is 11.3 Å². The summed E-state index contributed by atoms with van der Waals surface area (Å²) in [6.07, 6.45) is 2.95. The number of hydrogen-bond donors (Lipinski definition) is 1. The molecule has 1 heterocycles. The molecule has 1 atom stereocenters. The minimum atomic E-state index is -2.89. The van der Waals surface area contributed by atoms with Crippen molar-refractivity contribution in [1.82, 2.24) is 5.32 Å². The van der Waals surface area contributed by atoms with Crippen molar-refractivity contribution in [2.24, 2.45) is 0 Å². The molecule has 3 nitrogen and oxygen atoms in total. The third-order valence-electron chi connectivity index (χ3n) is 2.41. The lowest BCUT2D eigenvalue weighted by molar-refractivity contribution is 0.514. The Morgan fingerprint density at radius 1 is 1.53 bits per heavy atom. The van der Waals surface area contributed by atoms with E-state index in [0.717, 1.165) is 16.8 Å². The van der Waals surface area contributed by atoms with Crippen LogP contribution in [0, 0.1) is 0 Å². The van der Waals surface area contributed by atoms with E-state index in [-0.39, 0.29) is 11.8 Å². The van der Waals surface area contributed by atoms with Crippen molar-refractivity contribution >= 4 is 37.1 Å². The summed E-state index contributed by atoms with van der Waals surface area (Å²) in [6, 6.07) is 2.19. The molecule has 0 saturated carbocycles. The second-order valence-corrected chi connectivity index (χ2v) is 8.66. The molecule has 0 bridgehead atoms. The van der Waals surface area contributed by atoms with E-state index in [4.69, 9.17) is 0 Å². The van der Waals surface area contributed by atoms with Gasteiger partial charge in [0.1, 0.15) is 9.84 Å². The molecule has 0 aromatic carbocycles.